The van der Waals surface area contributed by atoms with Crippen molar-refractivity contribution in [3.63, 3.8) is 0 Å². The highest BCUT2D eigenvalue weighted by molar-refractivity contribution is 6.02. The SMILES string of the molecule is CCOc1ccc(NC(=O)C2C3C=CC4(O3)C2C(=O)N(Cc2ccc3c(c2)OCO3)C4C(=O)NC2CCCCC2C)cc1. The summed E-state index contributed by atoms with van der Waals surface area (Å²) in [4.78, 5) is 43.9. The van der Waals surface area contributed by atoms with Crippen molar-refractivity contribution >= 4 is 23.4 Å². The number of carbonyl (C=O) groups is 3. The van der Waals surface area contributed by atoms with Gasteiger partial charge in [0.15, 0.2) is 11.5 Å². The topological polar surface area (TPSA) is 115 Å². The molecule has 7 rings (SSSR count). The van der Waals surface area contributed by atoms with E-state index in [0.29, 0.717) is 35.5 Å². The Hall–Kier alpha value is -4.05. The van der Waals surface area contributed by atoms with E-state index < -0.39 is 29.6 Å². The second-order valence-electron chi connectivity index (χ2n) is 12.2. The molecule has 10 heteroatoms. The first-order valence-corrected chi connectivity index (χ1v) is 15.3. The number of ether oxygens (including phenoxy) is 4. The van der Waals surface area contributed by atoms with Crippen molar-refractivity contribution < 1.29 is 33.3 Å². The third kappa shape index (κ3) is 4.72. The maximum atomic E-state index is 14.3. The molecule has 4 heterocycles. The largest absolute Gasteiger partial charge is 0.494 e. The summed E-state index contributed by atoms with van der Waals surface area (Å²) in [5.41, 5.74) is 0.158. The van der Waals surface area contributed by atoms with Gasteiger partial charge in [-0.15, -0.1) is 0 Å². The Bertz CT molecular complexity index is 1460. The van der Waals surface area contributed by atoms with Crippen LogP contribution in [-0.2, 0) is 25.7 Å². The quantitative estimate of drug-likeness (QED) is 0.452. The molecule has 1 saturated carbocycles. The fourth-order valence-electron chi connectivity index (χ4n) is 7.49. The van der Waals surface area contributed by atoms with Crippen molar-refractivity contribution in [2.75, 3.05) is 18.7 Å². The Balaban J connectivity index is 1.19. The van der Waals surface area contributed by atoms with E-state index in [0.717, 1.165) is 31.2 Å². The van der Waals surface area contributed by atoms with Crippen LogP contribution in [0, 0.1) is 17.8 Å². The minimum atomic E-state index is -1.24. The van der Waals surface area contributed by atoms with Crippen molar-refractivity contribution in [2.45, 2.75) is 69.9 Å². The van der Waals surface area contributed by atoms with Crippen LogP contribution < -0.4 is 24.8 Å². The van der Waals surface area contributed by atoms with E-state index in [9.17, 15) is 14.4 Å². The number of rotatable bonds is 8. The first kappa shape index (κ1) is 27.8. The van der Waals surface area contributed by atoms with Crippen LogP contribution in [0.5, 0.6) is 17.2 Å². The van der Waals surface area contributed by atoms with Crippen LogP contribution in [0.25, 0.3) is 0 Å². The Morgan fingerprint density at radius 2 is 1.84 bits per heavy atom. The molecule has 4 aliphatic heterocycles. The van der Waals surface area contributed by atoms with Gasteiger partial charge >= 0.3 is 0 Å². The van der Waals surface area contributed by atoms with Gasteiger partial charge in [-0.3, -0.25) is 14.4 Å². The summed E-state index contributed by atoms with van der Waals surface area (Å²) >= 11 is 0. The average Bonchev–Trinajstić information content (AvgIpc) is 3.76. The molecule has 10 nitrogen and oxygen atoms in total. The molecule has 0 radical (unpaired) electrons. The minimum Gasteiger partial charge on any atom is -0.494 e. The first-order valence-electron chi connectivity index (χ1n) is 15.3. The fraction of sp³-hybridized carbons (Fsp3) is 0.485. The molecule has 1 aliphatic carbocycles. The van der Waals surface area contributed by atoms with Gasteiger partial charge in [0.25, 0.3) is 0 Å². The predicted molar refractivity (Wildman–Crippen MR) is 156 cm³/mol. The van der Waals surface area contributed by atoms with E-state index >= 15 is 0 Å². The number of hydrogen-bond donors (Lipinski definition) is 2. The van der Waals surface area contributed by atoms with E-state index in [1.54, 1.807) is 29.2 Å². The zero-order valence-corrected chi connectivity index (χ0v) is 24.4. The zero-order chi connectivity index (χ0) is 29.7. The lowest BCUT2D eigenvalue weighted by Gasteiger charge is -2.36. The van der Waals surface area contributed by atoms with E-state index in [1.807, 2.05) is 37.3 Å². The molecule has 7 unspecified atom stereocenters. The van der Waals surface area contributed by atoms with Gasteiger partial charge in [-0.25, -0.2) is 0 Å². The summed E-state index contributed by atoms with van der Waals surface area (Å²) in [6.07, 6.45) is 7.23. The van der Waals surface area contributed by atoms with Crippen molar-refractivity contribution in [3.8, 4) is 17.2 Å². The van der Waals surface area contributed by atoms with E-state index in [4.69, 9.17) is 18.9 Å². The van der Waals surface area contributed by atoms with Crippen LogP contribution in [0.3, 0.4) is 0 Å². The Labute approximate surface area is 250 Å². The lowest BCUT2D eigenvalue weighted by Crippen LogP contribution is -2.57. The lowest BCUT2D eigenvalue weighted by molar-refractivity contribution is -0.142. The van der Waals surface area contributed by atoms with Crippen molar-refractivity contribution in [2.24, 2.45) is 17.8 Å². The Kier molecular flexibility index (Phi) is 7.04. The van der Waals surface area contributed by atoms with Gasteiger partial charge in [0.05, 0.1) is 24.5 Å². The molecule has 2 bridgehead atoms. The Morgan fingerprint density at radius 1 is 1.05 bits per heavy atom. The second-order valence-corrected chi connectivity index (χ2v) is 12.2. The summed E-state index contributed by atoms with van der Waals surface area (Å²) in [7, 11) is 0. The molecule has 2 aromatic carbocycles. The van der Waals surface area contributed by atoms with Gasteiger partial charge in [-0.05, 0) is 67.6 Å². The van der Waals surface area contributed by atoms with Crippen LogP contribution in [0.15, 0.2) is 54.6 Å². The van der Waals surface area contributed by atoms with Gasteiger partial charge in [0.2, 0.25) is 24.5 Å². The van der Waals surface area contributed by atoms with Crippen molar-refractivity contribution in [1.82, 2.24) is 10.2 Å². The van der Waals surface area contributed by atoms with Gasteiger partial charge < -0.3 is 34.5 Å². The van der Waals surface area contributed by atoms with Gasteiger partial charge in [0, 0.05) is 18.3 Å². The summed E-state index contributed by atoms with van der Waals surface area (Å²) in [5.74, 6) is -0.155. The maximum Gasteiger partial charge on any atom is 0.246 e. The summed E-state index contributed by atoms with van der Waals surface area (Å²) in [5, 5.41) is 6.24. The summed E-state index contributed by atoms with van der Waals surface area (Å²) in [6, 6.07) is 11.7. The van der Waals surface area contributed by atoms with Crippen LogP contribution in [0.1, 0.15) is 45.1 Å². The van der Waals surface area contributed by atoms with Crippen molar-refractivity contribution in [1.29, 1.82) is 0 Å². The van der Waals surface area contributed by atoms with Crippen LogP contribution in [-0.4, -0.2) is 59.8 Å². The number of likely N-dealkylation sites (tertiary alicyclic amines) is 1. The molecule has 3 amide bonds. The number of amides is 3. The number of benzene rings is 2. The molecule has 3 fully saturated rings. The number of fused-ring (bicyclic) bond motifs is 2. The number of anilines is 1. The predicted octanol–water partition coefficient (Wildman–Crippen LogP) is 3.80. The van der Waals surface area contributed by atoms with E-state index in [2.05, 4.69) is 17.6 Å². The molecule has 7 atom stereocenters. The monoisotopic (exact) mass is 587 g/mol. The van der Waals surface area contributed by atoms with Crippen molar-refractivity contribution in [3.05, 3.63) is 60.2 Å². The molecular weight excluding hydrogens is 550 g/mol. The number of hydrogen-bond acceptors (Lipinski definition) is 7. The number of nitrogens with zero attached hydrogens (tertiary/aromatic N) is 1. The smallest absolute Gasteiger partial charge is 0.246 e. The van der Waals surface area contributed by atoms with Crippen LogP contribution in [0.4, 0.5) is 5.69 Å². The fourth-order valence-corrected chi connectivity index (χ4v) is 7.49. The maximum absolute atomic E-state index is 14.3. The minimum absolute atomic E-state index is 0.0283. The van der Waals surface area contributed by atoms with Gasteiger partial charge in [-0.1, -0.05) is 38.0 Å². The molecule has 0 aromatic heterocycles. The normalized spacial score (nSPS) is 31.7. The van der Waals surface area contributed by atoms with E-state index in [-0.39, 0.29) is 37.1 Å². The highest BCUT2D eigenvalue weighted by Crippen LogP contribution is 2.55. The van der Waals surface area contributed by atoms with Gasteiger partial charge in [0.1, 0.15) is 17.4 Å². The zero-order valence-electron chi connectivity index (χ0n) is 24.4. The molecule has 1 spiro atoms. The molecule has 2 aromatic rings. The summed E-state index contributed by atoms with van der Waals surface area (Å²) in [6.45, 7) is 4.92. The molecule has 226 valence electrons. The molecular formula is C33H37N3O7. The third-order valence-electron chi connectivity index (χ3n) is 9.59. The molecule has 2 saturated heterocycles. The molecule has 43 heavy (non-hydrogen) atoms. The standard InChI is InChI=1S/C33H37N3O7/c1-3-40-22-11-9-21(10-12-22)34-30(37)27-25-14-15-33(43-25)28(27)32(39)36(17-20-8-13-24-26(16-20)42-18-41-24)29(33)31(38)35-23-7-5-4-6-19(23)2/h8-16,19,23,25,27-29H,3-7,17-18H2,1-2H3,(H,34,37)(H,35,38). The highest BCUT2D eigenvalue weighted by Gasteiger charge is 2.72. The third-order valence-corrected chi connectivity index (χ3v) is 9.59. The lowest BCUT2D eigenvalue weighted by atomic mass is 9.74. The molecule has 2 N–H and O–H groups in total. The van der Waals surface area contributed by atoms with E-state index in [1.165, 1.54) is 0 Å². The highest BCUT2D eigenvalue weighted by atomic mass is 16.7. The number of carbonyl (C=O) groups excluding carboxylic acids is 3. The Morgan fingerprint density at radius 3 is 2.63 bits per heavy atom. The molecule has 5 aliphatic rings. The van der Waals surface area contributed by atoms with Gasteiger partial charge in [-0.2, -0.15) is 0 Å². The number of nitrogens with one attached hydrogen (secondary N) is 2. The van der Waals surface area contributed by atoms with Crippen LogP contribution >= 0.6 is 0 Å². The summed E-state index contributed by atoms with van der Waals surface area (Å²) < 4.78 is 23.0. The second kappa shape index (κ2) is 10.9. The average molecular weight is 588 g/mol. The first-order chi connectivity index (χ1) is 20.9. The van der Waals surface area contributed by atoms with Crippen LogP contribution in [0.2, 0.25) is 0 Å².